The van der Waals surface area contributed by atoms with Crippen molar-refractivity contribution in [2.45, 2.75) is 32.6 Å². The van der Waals surface area contributed by atoms with Crippen LogP contribution in [0.4, 0.5) is 0 Å². The Morgan fingerprint density at radius 2 is 2.14 bits per heavy atom. The maximum atomic E-state index is 11.9. The Morgan fingerprint density at radius 3 is 2.76 bits per heavy atom. The first-order valence-corrected chi connectivity index (χ1v) is 7.51. The minimum absolute atomic E-state index is 0.156. The number of aromatic nitrogens is 1. The molecule has 1 aromatic rings. The van der Waals surface area contributed by atoms with Gasteiger partial charge >= 0.3 is 0 Å². The summed E-state index contributed by atoms with van der Waals surface area (Å²) in [5.74, 6) is 0.883. The van der Waals surface area contributed by atoms with E-state index in [0.29, 0.717) is 12.3 Å². The average Bonchev–Trinajstić information content (AvgIpc) is 2.52. The van der Waals surface area contributed by atoms with E-state index in [0.717, 1.165) is 37.9 Å². The molecule has 0 spiro atoms. The zero-order valence-electron chi connectivity index (χ0n) is 12.5. The van der Waals surface area contributed by atoms with E-state index >= 15 is 0 Å². The maximum Gasteiger partial charge on any atom is 0.219 e. The number of ketones is 1. The molecule has 0 aromatic carbocycles. The monoisotopic (exact) mass is 286 g/mol. The van der Waals surface area contributed by atoms with Crippen molar-refractivity contribution in [1.82, 2.24) is 9.88 Å². The van der Waals surface area contributed by atoms with Crippen molar-refractivity contribution < 1.29 is 9.59 Å². The summed E-state index contributed by atoms with van der Waals surface area (Å²) in [6.07, 6.45) is 10.4. The maximum absolute atomic E-state index is 11.9. The van der Waals surface area contributed by atoms with Gasteiger partial charge in [-0.3, -0.25) is 14.6 Å². The van der Waals surface area contributed by atoms with Gasteiger partial charge in [-0.15, -0.1) is 0 Å². The molecule has 1 fully saturated rings. The van der Waals surface area contributed by atoms with Gasteiger partial charge in [0, 0.05) is 38.8 Å². The summed E-state index contributed by atoms with van der Waals surface area (Å²) in [6.45, 7) is 3.28. The molecule has 1 amide bonds. The van der Waals surface area contributed by atoms with Crippen LogP contribution in [0.5, 0.6) is 0 Å². The van der Waals surface area contributed by atoms with Crippen LogP contribution in [0.25, 0.3) is 6.08 Å². The average molecular weight is 286 g/mol. The van der Waals surface area contributed by atoms with E-state index in [2.05, 4.69) is 4.98 Å². The number of nitrogens with zero attached hydrogens (tertiary/aromatic N) is 2. The number of amides is 1. The van der Waals surface area contributed by atoms with Gasteiger partial charge in [0.1, 0.15) is 0 Å². The Hall–Kier alpha value is -1.97. The molecule has 0 bridgehead atoms. The fourth-order valence-electron chi connectivity index (χ4n) is 2.63. The summed E-state index contributed by atoms with van der Waals surface area (Å²) in [5, 5.41) is 0. The topological polar surface area (TPSA) is 50.3 Å². The van der Waals surface area contributed by atoms with Crippen LogP contribution in [0.15, 0.2) is 30.6 Å². The third-order valence-electron chi connectivity index (χ3n) is 4.00. The van der Waals surface area contributed by atoms with Crippen LogP contribution in [-0.4, -0.2) is 34.7 Å². The number of hydrogen-bond acceptors (Lipinski definition) is 3. The standard InChI is InChI=1S/C17H22N2O2/c1-14(20)19-11-8-15(9-12-19)4-6-17(21)7-5-16-3-2-10-18-13-16/h2-3,5,7,10,13,15H,4,6,8-9,11-12H2,1H3/b7-5+. The van der Waals surface area contributed by atoms with Gasteiger partial charge in [-0.2, -0.15) is 0 Å². The highest BCUT2D eigenvalue weighted by Crippen LogP contribution is 2.22. The second-order valence-electron chi connectivity index (χ2n) is 5.57. The lowest BCUT2D eigenvalue weighted by Gasteiger charge is -2.31. The Bertz CT molecular complexity index is 503. The zero-order chi connectivity index (χ0) is 15.1. The lowest BCUT2D eigenvalue weighted by atomic mass is 9.91. The molecule has 2 rings (SSSR count). The molecule has 0 atom stereocenters. The van der Waals surface area contributed by atoms with E-state index < -0.39 is 0 Å². The van der Waals surface area contributed by atoms with E-state index in [-0.39, 0.29) is 11.7 Å². The predicted octanol–water partition coefficient (Wildman–Crippen LogP) is 2.70. The van der Waals surface area contributed by atoms with Crippen LogP contribution in [0, 0.1) is 5.92 Å². The van der Waals surface area contributed by atoms with Crippen LogP contribution >= 0.6 is 0 Å². The van der Waals surface area contributed by atoms with Crippen LogP contribution in [0.2, 0.25) is 0 Å². The molecule has 1 aliphatic rings. The summed E-state index contributed by atoms with van der Waals surface area (Å²) in [5.41, 5.74) is 0.945. The molecule has 2 heterocycles. The molecule has 0 aliphatic carbocycles. The number of hydrogen-bond donors (Lipinski definition) is 0. The first-order chi connectivity index (χ1) is 10.1. The molecule has 1 saturated heterocycles. The summed E-state index contributed by atoms with van der Waals surface area (Å²) < 4.78 is 0. The fraction of sp³-hybridized carbons (Fsp3) is 0.471. The number of likely N-dealkylation sites (tertiary alicyclic amines) is 1. The highest BCUT2D eigenvalue weighted by Gasteiger charge is 2.20. The van der Waals surface area contributed by atoms with Crippen LogP contribution in [0.3, 0.4) is 0 Å². The summed E-state index contributed by atoms with van der Waals surface area (Å²) in [4.78, 5) is 29.0. The van der Waals surface area contributed by atoms with Crippen molar-refractivity contribution in [3.63, 3.8) is 0 Å². The van der Waals surface area contributed by atoms with E-state index in [1.807, 2.05) is 23.1 Å². The molecule has 0 radical (unpaired) electrons. The van der Waals surface area contributed by atoms with Gasteiger partial charge < -0.3 is 4.90 Å². The van der Waals surface area contributed by atoms with Gasteiger partial charge in [-0.1, -0.05) is 6.07 Å². The molecular formula is C17H22N2O2. The van der Waals surface area contributed by atoms with Gasteiger partial charge in [-0.25, -0.2) is 0 Å². The van der Waals surface area contributed by atoms with Gasteiger partial charge in [0.15, 0.2) is 5.78 Å². The highest BCUT2D eigenvalue weighted by atomic mass is 16.2. The van der Waals surface area contributed by atoms with Crippen LogP contribution in [-0.2, 0) is 9.59 Å². The number of piperidine rings is 1. The largest absolute Gasteiger partial charge is 0.343 e. The summed E-state index contributed by atoms with van der Waals surface area (Å²) in [6, 6.07) is 3.78. The van der Waals surface area contributed by atoms with Gasteiger partial charge in [-0.05, 0) is 49.0 Å². The summed E-state index contributed by atoms with van der Waals surface area (Å²) in [7, 11) is 0. The Kier molecular flexibility index (Phi) is 5.67. The van der Waals surface area contributed by atoms with Crippen molar-refractivity contribution in [2.75, 3.05) is 13.1 Å². The first-order valence-electron chi connectivity index (χ1n) is 7.51. The molecule has 4 heteroatoms. The Morgan fingerprint density at radius 1 is 1.38 bits per heavy atom. The minimum atomic E-state index is 0.156. The number of carbonyl (C=O) groups excluding carboxylic acids is 2. The molecule has 0 N–H and O–H groups in total. The molecule has 112 valence electrons. The number of carbonyl (C=O) groups is 2. The lowest BCUT2D eigenvalue weighted by molar-refractivity contribution is -0.130. The Balaban J connectivity index is 1.70. The number of pyridine rings is 1. The highest BCUT2D eigenvalue weighted by molar-refractivity contribution is 5.93. The van der Waals surface area contributed by atoms with Gasteiger partial charge in [0.25, 0.3) is 0 Å². The van der Waals surface area contributed by atoms with Crippen LogP contribution < -0.4 is 0 Å². The second-order valence-corrected chi connectivity index (χ2v) is 5.57. The fourth-order valence-corrected chi connectivity index (χ4v) is 2.63. The van der Waals surface area contributed by atoms with Crippen LogP contribution in [0.1, 0.15) is 38.2 Å². The number of allylic oxidation sites excluding steroid dienone is 1. The predicted molar refractivity (Wildman–Crippen MR) is 82.5 cm³/mol. The van der Waals surface area contributed by atoms with Crippen molar-refractivity contribution in [3.05, 3.63) is 36.2 Å². The normalized spacial score (nSPS) is 16.3. The molecule has 21 heavy (non-hydrogen) atoms. The summed E-state index contributed by atoms with van der Waals surface area (Å²) >= 11 is 0. The van der Waals surface area contributed by atoms with Gasteiger partial charge in [0.2, 0.25) is 5.91 Å². The van der Waals surface area contributed by atoms with Crippen molar-refractivity contribution >= 4 is 17.8 Å². The van der Waals surface area contributed by atoms with E-state index in [1.165, 1.54) is 0 Å². The Labute approximate surface area is 125 Å². The molecule has 1 aromatic heterocycles. The van der Waals surface area contributed by atoms with E-state index in [1.54, 1.807) is 25.4 Å². The molecule has 1 aliphatic heterocycles. The molecule has 0 saturated carbocycles. The first kappa shape index (κ1) is 15.4. The zero-order valence-corrected chi connectivity index (χ0v) is 12.5. The molecular weight excluding hydrogens is 264 g/mol. The van der Waals surface area contributed by atoms with Gasteiger partial charge in [0.05, 0.1) is 0 Å². The molecule has 4 nitrogen and oxygen atoms in total. The van der Waals surface area contributed by atoms with E-state index in [9.17, 15) is 9.59 Å². The van der Waals surface area contributed by atoms with Crippen molar-refractivity contribution in [3.8, 4) is 0 Å². The smallest absolute Gasteiger partial charge is 0.219 e. The quantitative estimate of drug-likeness (QED) is 0.782. The third kappa shape index (κ3) is 5.14. The number of rotatable bonds is 5. The molecule has 0 unspecified atom stereocenters. The second kappa shape index (κ2) is 7.72. The lowest BCUT2D eigenvalue weighted by Crippen LogP contribution is -2.37. The SMILES string of the molecule is CC(=O)N1CCC(CCC(=O)/C=C/c2cccnc2)CC1. The van der Waals surface area contributed by atoms with E-state index in [4.69, 9.17) is 0 Å². The van der Waals surface area contributed by atoms with Crippen molar-refractivity contribution in [2.24, 2.45) is 5.92 Å². The van der Waals surface area contributed by atoms with Crippen molar-refractivity contribution in [1.29, 1.82) is 0 Å². The minimum Gasteiger partial charge on any atom is -0.343 e. The third-order valence-corrected chi connectivity index (χ3v) is 4.00.